The largest absolute Gasteiger partial charge is 0.309 e. The van der Waals surface area contributed by atoms with E-state index in [1.165, 1.54) is 65.2 Å². The van der Waals surface area contributed by atoms with Gasteiger partial charge in [-0.25, -0.2) is 9.97 Å². The van der Waals surface area contributed by atoms with E-state index in [1.54, 1.807) is 0 Å². The summed E-state index contributed by atoms with van der Waals surface area (Å²) in [6, 6.07) is 63.1. The van der Waals surface area contributed by atoms with E-state index in [4.69, 9.17) is 9.97 Å². The number of aromatic nitrogens is 5. The molecule has 5 aromatic heterocycles. The topological polar surface area (TPSA) is 40.0 Å². The van der Waals surface area contributed by atoms with Crippen LogP contribution >= 0.6 is 0 Å². The van der Waals surface area contributed by atoms with Crippen molar-refractivity contribution in [2.24, 2.45) is 0 Å². The first-order valence-corrected chi connectivity index (χ1v) is 18.8. The van der Waals surface area contributed by atoms with Crippen molar-refractivity contribution in [3.63, 3.8) is 0 Å². The van der Waals surface area contributed by atoms with Gasteiger partial charge in [-0.2, -0.15) is 0 Å². The average molecular weight is 700 g/mol. The summed E-state index contributed by atoms with van der Waals surface area (Å²) < 4.78 is 7.13. The maximum absolute atomic E-state index is 5.63. The maximum atomic E-state index is 5.63. The summed E-state index contributed by atoms with van der Waals surface area (Å²) in [6.07, 6.45) is 0. The molecule has 0 N–H and O–H groups in total. The van der Waals surface area contributed by atoms with Crippen molar-refractivity contribution >= 4 is 92.6 Å². The normalized spacial score (nSPS) is 12.4. The van der Waals surface area contributed by atoms with E-state index in [1.807, 2.05) is 0 Å². The fourth-order valence-electron chi connectivity index (χ4n) is 9.62. The molecule has 0 saturated heterocycles. The van der Waals surface area contributed by atoms with Crippen LogP contribution < -0.4 is 0 Å². The molecule has 5 heteroatoms. The van der Waals surface area contributed by atoms with Crippen LogP contribution in [0.15, 0.2) is 176 Å². The third kappa shape index (κ3) is 3.71. The summed E-state index contributed by atoms with van der Waals surface area (Å²) >= 11 is 0. The predicted molar refractivity (Wildman–Crippen MR) is 228 cm³/mol. The molecule has 254 valence electrons. The fourth-order valence-corrected chi connectivity index (χ4v) is 9.62. The number of fused-ring (bicyclic) bond motifs is 14. The van der Waals surface area contributed by atoms with Crippen molar-refractivity contribution in [2.45, 2.75) is 0 Å². The van der Waals surface area contributed by atoms with Crippen LogP contribution in [0.3, 0.4) is 0 Å². The summed E-state index contributed by atoms with van der Waals surface area (Å²) in [5.41, 5.74) is 12.2. The van der Waals surface area contributed by atoms with Gasteiger partial charge in [0.25, 0.3) is 0 Å². The Labute approximate surface area is 313 Å². The maximum Gasteiger partial charge on any atom is 0.235 e. The Balaban J connectivity index is 1.19. The molecule has 0 aliphatic rings. The van der Waals surface area contributed by atoms with Crippen molar-refractivity contribution in [3.8, 4) is 22.9 Å². The van der Waals surface area contributed by atoms with Gasteiger partial charge in [0.15, 0.2) is 0 Å². The number of para-hydroxylation sites is 6. The van der Waals surface area contributed by atoms with E-state index in [-0.39, 0.29) is 0 Å². The number of hydrogen-bond donors (Lipinski definition) is 0. The molecule has 0 unspecified atom stereocenters. The third-order valence-electron chi connectivity index (χ3n) is 11.8. The Morgan fingerprint density at radius 3 is 1.67 bits per heavy atom. The third-order valence-corrected chi connectivity index (χ3v) is 11.8. The second-order valence-corrected chi connectivity index (χ2v) is 14.5. The van der Waals surface area contributed by atoms with Crippen LogP contribution in [-0.2, 0) is 0 Å². The predicted octanol–water partition coefficient (Wildman–Crippen LogP) is 12.6. The van der Waals surface area contributed by atoms with Crippen LogP contribution in [0.25, 0.3) is 116 Å². The zero-order valence-electron chi connectivity index (χ0n) is 29.5. The monoisotopic (exact) mass is 699 g/mol. The number of nitrogens with zero attached hydrogens (tertiary/aromatic N) is 5. The first-order valence-electron chi connectivity index (χ1n) is 18.8. The van der Waals surface area contributed by atoms with E-state index < -0.39 is 0 Å². The molecule has 13 aromatic rings. The van der Waals surface area contributed by atoms with Crippen molar-refractivity contribution < 1.29 is 0 Å². The molecule has 0 amide bonds. The minimum Gasteiger partial charge on any atom is -0.309 e. The van der Waals surface area contributed by atoms with E-state index in [0.717, 1.165) is 44.4 Å². The molecule has 0 fully saturated rings. The highest BCUT2D eigenvalue weighted by Gasteiger charge is 2.26. The molecule has 8 aromatic carbocycles. The minimum atomic E-state index is 0.658. The SMILES string of the molecule is c1ccc(-n2c3ccccc3c3c(-c4nc(-n5c6ccccc6c6c7c8ccccc8n8c9ccccc9c(cc65)c78)nc5ccccc45)cccc32)cc1. The average Bonchev–Trinajstić information content (AvgIpc) is 3.97. The number of hydrogen-bond acceptors (Lipinski definition) is 2. The summed E-state index contributed by atoms with van der Waals surface area (Å²) in [5.74, 6) is 0.658. The molecule has 5 nitrogen and oxygen atoms in total. The van der Waals surface area contributed by atoms with E-state index >= 15 is 0 Å². The quantitative estimate of drug-likeness (QED) is 0.184. The summed E-state index contributed by atoms with van der Waals surface area (Å²) in [7, 11) is 0. The Hall–Kier alpha value is -7.50. The van der Waals surface area contributed by atoms with Crippen molar-refractivity contribution in [1.82, 2.24) is 23.5 Å². The Morgan fingerprint density at radius 1 is 0.345 bits per heavy atom. The summed E-state index contributed by atoms with van der Waals surface area (Å²) in [6.45, 7) is 0. The Bertz CT molecular complexity index is 3720. The van der Waals surface area contributed by atoms with Gasteiger partial charge in [0.1, 0.15) is 0 Å². The zero-order chi connectivity index (χ0) is 35.8. The molecule has 0 atom stereocenters. The van der Waals surface area contributed by atoms with Gasteiger partial charge in [-0.05, 0) is 54.6 Å². The molecule has 0 radical (unpaired) electrons. The molecule has 13 rings (SSSR count). The molecule has 0 aliphatic heterocycles. The van der Waals surface area contributed by atoms with Gasteiger partial charge >= 0.3 is 0 Å². The van der Waals surface area contributed by atoms with Crippen LogP contribution in [0.5, 0.6) is 0 Å². The lowest BCUT2D eigenvalue weighted by molar-refractivity contribution is 1.01. The van der Waals surface area contributed by atoms with Crippen molar-refractivity contribution in [3.05, 3.63) is 176 Å². The van der Waals surface area contributed by atoms with Gasteiger partial charge in [0, 0.05) is 59.7 Å². The van der Waals surface area contributed by atoms with Crippen LogP contribution in [0.1, 0.15) is 0 Å². The molecule has 0 bridgehead atoms. The van der Waals surface area contributed by atoms with Crippen molar-refractivity contribution in [2.75, 3.05) is 0 Å². The highest BCUT2D eigenvalue weighted by atomic mass is 15.2. The standard InChI is InChI=1S/C50H29N5/c1-2-15-30(16-3-1)53-40-25-11-6-19-33(40)45-36(22-14-28-43(45)53)48-32-18-4-9-23-38(32)51-50(52-48)55-42-27-13-7-20-34(42)46-44(55)29-37-31-17-5-10-24-39(31)54-41-26-12-8-21-35(41)47(46)49(37)54/h1-29H. The van der Waals surface area contributed by atoms with Crippen LogP contribution in [0.2, 0.25) is 0 Å². The van der Waals surface area contributed by atoms with Crippen LogP contribution in [0, 0.1) is 0 Å². The highest BCUT2D eigenvalue weighted by Crippen LogP contribution is 2.47. The van der Waals surface area contributed by atoms with E-state index in [2.05, 4.69) is 189 Å². The van der Waals surface area contributed by atoms with Gasteiger partial charge < -0.3 is 8.97 Å². The molecule has 0 spiro atoms. The molecular weight excluding hydrogens is 671 g/mol. The van der Waals surface area contributed by atoms with Crippen LogP contribution in [-0.4, -0.2) is 23.5 Å². The Kier molecular flexibility index (Phi) is 5.57. The molecule has 0 saturated carbocycles. The smallest absolute Gasteiger partial charge is 0.235 e. The highest BCUT2D eigenvalue weighted by molar-refractivity contribution is 6.35. The van der Waals surface area contributed by atoms with Gasteiger partial charge in [-0.1, -0.05) is 121 Å². The first kappa shape index (κ1) is 29.0. The van der Waals surface area contributed by atoms with E-state index in [0.29, 0.717) is 5.95 Å². The Morgan fingerprint density at radius 2 is 0.909 bits per heavy atom. The minimum absolute atomic E-state index is 0.658. The molecule has 5 heterocycles. The summed E-state index contributed by atoms with van der Waals surface area (Å²) in [5, 5.41) is 10.8. The number of rotatable bonds is 3. The first-order chi connectivity index (χ1) is 27.3. The lowest BCUT2D eigenvalue weighted by Gasteiger charge is -2.13. The van der Waals surface area contributed by atoms with Gasteiger partial charge in [-0.3, -0.25) is 4.57 Å². The second-order valence-electron chi connectivity index (χ2n) is 14.5. The van der Waals surface area contributed by atoms with E-state index in [9.17, 15) is 0 Å². The van der Waals surface area contributed by atoms with Gasteiger partial charge in [0.05, 0.1) is 49.8 Å². The number of benzene rings is 8. The second kappa shape index (κ2) is 10.6. The summed E-state index contributed by atoms with van der Waals surface area (Å²) in [4.78, 5) is 11.0. The fraction of sp³-hybridized carbons (Fsp3) is 0. The van der Waals surface area contributed by atoms with Gasteiger partial charge in [-0.15, -0.1) is 0 Å². The lowest BCUT2D eigenvalue weighted by atomic mass is 10.0. The van der Waals surface area contributed by atoms with Crippen molar-refractivity contribution in [1.29, 1.82) is 0 Å². The van der Waals surface area contributed by atoms with Gasteiger partial charge in [0.2, 0.25) is 5.95 Å². The molecule has 55 heavy (non-hydrogen) atoms. The van der Waals surface area contributed by atoms with Crippen LogP contribution in [0.4, 0.5) is 0 Å². The molecular formula is C50H29N5. The zero-order valence-corrected chi connectivity index (χ0v) is 29.5. The lowest BCUT2D eigenvalue weighted by Crippen LogP contribution is -2.03. The molecule has 0 aliphatic carbocycles.